The summed E-state index contributed by atoms with van der Waals surface area (Å²) < 4.78 is 1.81. The molecule has 0 radical (unpaired) electrons. The maximum Gasteiger partial charge on any atom is 0.157 e. The Morgan fingerprint density at radius 2 is 2.21 bits per heavy atom. The van der Waals surface area contributed by atoms with Crippen molar-refractivity contribution in [3.05, 3.63) is 35.5 Å². The number of aryl methyl sites for hydroxylation is 1. The Morgan fingerprint density at radius 3 is 2.79 bits per heavy atom. The molecule has 2 rings (SSSR count). The highest BCUT2D eigenvalue weighted by Crippen LogP contribution is 2.20. The van der Waals surface area contributed by atoms with Gasteiger partial charge in [0.15, 0.2) is 5.82 Å². The highest BCUT2D eigenvalue weighted by molar-refractivity contribution is 6.32. The van der Waals surface area contributed by atoms with Crippen LogP contribution in [0.5, 0.6) is 0 Å². The highest BCUT2D eigenvalue weighted by Gasteiger charge is 2.06. The van der Waals surface area contributed by atoms with Crippen molar-refractivity contribution in [1.82, 2.24) is 14.5 Å². The Labute approximate surface area is 86.4 Å². The minimum Gasteiger partial charge on any atom is -0.397 e. The number of halogens is 1. The fourth-order valence-electron chi connectivity index (χ4n) is 1.22. The van der Waals surface area contributed by atoms with E-state index in [9.17, 15) is 0 Å². The van der Waals surface area contributed by atoms with Crippen LogP contribution in [0.4, 0.5) is 5.69 Å². The first kappa shape index (κ1) is 9.02. The van der Waals surface area contributed by atoms with Gasteiger partial charge in [-0.05, 0) is 13.0 Å². The van der Waals surface area contributed by atoms with Gasteiger partial charge in [0.25, 0.3) is 0 Å². The van der Waals surface area contributed by atoms with Gasteiger partial charge >= 0.3 is 0 Å². The summed E-state index contributed by atoms with van der Waals surface area (Å²) in [5, 5.41) is 0.520. The zero-order valence-electron chi connectivity index (χ0n) is 7.61. The molecule has 2 heterocycles. The largest absolute Gasteiger partial charge is 0.397 e. The van der Waals surface area contributed by atoms with Crippen LogP contribution < -0.4 is 5.73 Å². The molecule has 0 atom stereocenters. The van der Waals surface area contributed by atoms with E-state index in [0.29, 0.717) is 16.5 Å². The molecule has 2 aromatic rings. The topological polar surface area (TPSA) is 56.7 Å². The zero-order valence-corrected chi connectivity index (χ0v) is 8.36. The molecule has 0 amide bonds. The van der Waals surface area contributed by atoms with Crippen LogP contribution in [0.25, 0.3) is 5.82 Å². The van der Waals surface area contributed by atoms with Gasteiger partial charge in [-0.1, -0.05) is 11.6 Å². The molecule has 0 fully saturated rings. The second-order valence-electron chi connectivity index (χ2n) is 2.92. The molecule has 0 aliphatic heterocycles. The Bertz CT molecular complexity index is 464. The molecule has 0 saturated heterocycles. The summed E-state index contributed by atoms with van der Waals surface area (Å²) >= 11 is 6.00. The van der Waals surface area contributed by atoms with E-state index in [1.807, 2.05) is 11.5 Å². The lowest BCUT2D eigenvalue weighted by atomic mass is 10.4. The van der Waals surface area contributed by atoms with E-state index in [4.69, 9.17) is 17.3 Å². The number of pyridine rings is 1. The van der Waals surface area contributed by atoms with Crippen LogP contribution in [-0.4, -0.2) is 14.5 Å². The summed E-state index contributed by atoms with van der Waals surface area (Å²) in [6.07, 6.45) is 5.07. The number of nitrogen functional groups attached to an aromatic ring is 1. The molecular weight excluding hydrogens is 200 g/mol. The summed E-state index contributed by atoms with van der Waals surface area (Å²) in [5.74, 6) is 1.49. The number of rotatable bonds is 1. The third kappa shape index (κ3) is 1.44. The lowest BCUT2D eigenvalue weighted by Gasteiger charge is -2.06. The van der Waals surface area contributed by atoms with Crippen molar-refractivity contribution in [2.45, 2.75) is 6.92 Å². The van der Waals surface area contributed by atoms with Crippen LogP contribution in [0.15, 0.2) is 24.7 Å². The van der Waals surface area contributed by atoms with Crippen molar-refractivity contribution in [2.24, 2.45) is 0 Å². The van der Waals surface area contributed by atoms with Crippen LogP contribution in [0.1, 0.15) is 5.82 Å². The zero-order chi connectivity index (χ0) is 10.1. The molecule has 0 spiro atoms. The van der Waals surface area contributed by atoms with Gasteiger partial charge in [0.1, 0.15) is 5.82 Å². The fraction of sp³-hybridized carbons (Fsp3) is 0.111. The van der Waals surface area contributed by atoms with Crippen molar-refractivity contribution in [2.75, 3.05) is 5.73 Å². The van der Waals surface area contributed by atoms with Gasteiger partial charge in [0, 0.05) is 12.4 Å². The lowest BCUT2D eigenvalue weighted by Crippen LogP contribution is -2.00. The molecule has 72 valence electrons. The molecule has 4 nitrogen and oxygen atoms in total. The maximum absolute atomic E-state index is 6.00. The molecule has 0 aliphatic rings. The summed E-state index contributed by atoms with van der Waals surface area (Å²) in [6.45, 7) is 1.88. The molecular formula is C9H9ClN4. The SMILES string of the molecule is Cc1nccn1-c1ncc(N)cc1Cl. The van der Waals surface area contributed by atoms with E-state index < -0.39 is 0 Å². The van der Waals surface area contributed by atoms with Crippen LogP contribution >= 0.6 is 11.6 Å². The van der Waals surface area contributed by atoms with Crippen molar-refractivity contribution in [1.29, 1.82) is 0 Å². The molecule has 0 bridgehead atoms. The van der Waals surface area contributed by atoms with E-state index in [0.717, 1.165) is 5.82 Å². The molecule has 14 heavy (non-hydrogen) atoms. The number of hydrogen-bond donors (Lipinski definition) is 1. The quantitative estimate of drug-likeness (QED) is 0.778. The predicted molar refractivity (Wildman–Crippen MR) is 55.5 cm³/mol. The Kier molecular flexibility index (Phi) is 2.13. The number of imidazole rings is 1. The second-order valence-corrected chi connectivity index (χ2v) is 3.33. The Balaban J connectivity index is 2.58. The third-order valence-electron chi connectivity index (χ3n) is 1.90. The minimum atomic E-state index is 0.520. The number of nitrogens with two attached hydrogens (primary N) is 1. The van der Waals surface area contributed by atoms with Crippen LogP contribution in [0.3, 0.4) is 0 Å². The number of hydrogen-bond acceptors (Lipinski definition) is 3. The predicted octanol–water partition coefficient (Wildman–Crippen LogP) is 1.81. The van der Waals surface area contributed by atoms with Gasteiger partial charge in [-0.2, -0.15) is 0 Å². The van der Waals surface area contributed by atoms with E-state index in [1.54, 1.807) is 24.7 Å². The van der Waals surface area contributed by atoms with Crippen molar-refractivity contribution in [3.63, 3.8) is 0 Å². The number of nitrogens with zero attached hydrogens (tertiary/aromatic N) is 3. The molecule has 0 aromatic carbocycles. The monoisotopic (exact) mass is 208 g/mol. The summed E-state index contributed by atoms with van der Waals surface area (Å²) in [6, 6.07) is 1.67. The highest BCUT2D eigenvalue weighted by atomic mass is 35.5. The molecule has 0 saturated carbocycles. The van der Waals surface area contributed by atoms with Gasteiger partial charge < -0.3 is 5.73 Å². The smallest absolute Gasteiger partial charge is 0.157 e. The summed E-state index contributed by atoms with van der Waals surface area (Å²) in [5.41, 5.74) is 6.10. The third-order valence-corrected chi connectivity index (χ3v) is 2.17. The van der Waals surface area contributed by atoms with E-state index in [2.05, 4.69) is 9.97 Å². The van der Waals surface area contributed by atoms with Crippen molar-refractivity contribution < 1.29 is 0 Å². The van der Waals surface area contributed by atoms with Crippen LogP contribution in [0, 0.1) is 6.92 Å². The van der Waals surface area contributed by atoms with Crippen LogP contribution in [-0.2, 0) is 0 Å². The standard InChI is InChI=1S/C9H9ClN4/c1-6-12-2-3-14(6)9-8(10)4-7(11)5-13-9/h2-5H,11H2,1H3. The maximum atomic E-state index is 6.00. The first-order valence-electron chi connectivity index (χ1n) is 4.10. The number of anilines is 1. The molecule has 0 aliphatic carbocycles. The minimum absolute atomic E-state index is 0.520. The van der Waals surface area contributed by atoms with E-state index >= 15 is 0 Å². The lowest BCUT2D eigenvalue weighted by molar-refractivity contribution is 0.933. The normalized spacial score (nSPS) is 10.4. The van der Waals surface area contributed by atoms with E-state index in [-0.39, 0.29) is 0 Å². The number of aromatic nitrogens is 3. The molecule has 5 heteroatoms. The van der Waals surface area contributed by atoms with Crippen molar-refractivity contribution >= 4 is 17.3 Å². The summed E-state index contributed by atoms with van der Waals surface area (Å²) in [4.78, 5) is 8.24. The second kappa shape index (κ2) is 3.31. The summed E-state index contributed by atoms with van der Waals surface area (Å²) in [7, 11) is 0. The van der Waals surface area contributed by atoms with Gasteiger partial charge in [-0.25, -0.2) is 9.97 Å². The average Bonchev–Trinajstić information content (AvgIpc) is 2.52. The average molecular weight is 209 g/mol. The molecule has 0 unspecified atom stereocenters. The van der Waals surface area contributed by atoms with E-state index in [1.165, 1.54) is 0 Å². The van der Waals surface area contributed by atoms with Crippen LogP contribution in [0.2, 0.25) is 5.02 Å². The van der Waals surface area contributed by atoms with Gasteiger partial charge in [0.05, 0.1) is 16.9 Å². The first-order valence-corrected chi connectivity index (χ1v) is 4.47. The molecule has 2 aromatic heterocycles. The van der Waals surface area contributed by atoms with Crippen molar-refractivity contribution in [3.8, 4) is 5.82 Å². The van der Waals surface area contributed by atoms with Gasteiger partial charge in [0.2, 0.25) is 0 Å². The van der Waals surface area contributed by atoms with Gasteiger partial charge in [-0.3, -0.25) is 4.57 Å². The Hall–Kier alpha value is -1.55. The fourth-order valence-corrected chi connectivity index (χ4v) is 1.49. The van der Waals surface area contributed by atoms with Gasteiger partial charge in [-0.15, -0.1) is 0 Å². The Morgan fingerprint density at radius 1 is 1.43 bits per heavy atom. The molecule has 2 N–H and O–H groups in total. The first-order chi connectivity index (χ1) is 6.68.